The van der Waals surface area contributed by atoms with Crippen LogP contribution in [0.25, 0.3) is 0 Å². The van der Waals surface area contributed by atoms with Gasteiger partial charge < -0.3 is 14.8 Å². The Morgan fingerprint density at radius 3 is 2.52 bits per heavy atom. The fourth-order valence-electron chi connectivity index (χ4n) is 2.59. The molecule has 0 spiro atoms. The van der Waals surface area contributed by atoms with Crippen molar-refractivity contribution in [1.29, 1.82) is 0 Å². The Morgan fingerprint density at radius 2 is 1.84 bits per heavy atom. The highest BCUT2D eigenvalue weighted by atomic mass is 16.5. The van der Waals surface area contributed by atoms with Gasteiger partial charge in [-0.25, -0.2) is 0 Å². The number of hydrogen-bond acceptors (Lipinski definition) is 3. The molecule has 2 aromatic rings. The fourth-order valence-corrected chi connectivity index (χ4v) is 2.59. The molecular formula is C21H27NO3. The number of rotatable bonds is 8. The Bertz CT molecular complexity index is 712. The number of benzene rings is 2. The van der Waals surface area contributed by atoms with Crippen LogP contribution in [-0.4, -0.2) is 25.2 Å². The number of aryl methyl sites for hydroxylation is 3. The van der Waals surface area contributed by atoms with E-state index in [1.54, 1.807) is 0 Å². The molecule has 1 amide bonds. The standard InChI is InChI=1S/C21H27NO3/c1-5-19(25-18-8-6-7-15(2)14-18)21(23)22-11-12-24-20-10-9-16(3)13-17(20)4/h6-10,13-14,19H,5,11-12H2,1-4H3,(H,22,23)/t19-/m1/s1. The molecule has 0 heterocycles. The van der Waals surface area contributed by atoms with Crippen LogP contribution < -0.4 is 14.8 Å². The number of ether oxygens (including phenoxy) is 2. The van der Waals surface area contributed by atoms with Crippen molar-refractivity contribution in [3.8, 4) is 11.5 Å². The molecule has 0 bridgehead atoms. The Balaban J connectivity index is 1.79. The summed E-state index contributed by atoms with van der Waals surface area (Å²) in [7, 11) is 0. The molecule has 4 heteroatoms. The van der Waals surface area contributed by atoms with E-state index in [0.717, 1.165) is 16.9 Å². The molecular weight excluding hydrogens is 314 g/mol. The van der Waals surface area contributed by atoms with Crippen molar-refractivity contribution in [2.45, 2.75) is 40.2 Å². The summed E-state index contributed by atoms with van der Waals surface area (Å²) in [5.74, 6) is 1.45. The molecule has 0 saturated heterocycles. The minimum Gasteiger partial charge on any atom is -0.491 e. The van der Waals surface area contributed by atoms with E-state index in [1.807, 2.05) is 57.2 Å². The van der Waals surface area contributed by atoms with Crippen LogP contribution in [0.4, 0.5) is 0 Å². The van der Waals surface area contributed by atoms with Crippen molar-refractivity contribution < 1.29 is 14.3 Å². The van der Waals surface area contributed by atoms with E-state index in [0.29, 0.717) is 25.3 Å². The minimum absolute atomic E-state index is 0.117. The summed E-state index contributed by atoms with van der Waals surface area (Å²) in [6, 6.07) is 13.8. The second-order valence-corrected chi connectivity index (χ2v) is 6.24. The molecule has 134 valence electrons. The normalized spacial score (nSPS) is 11.7. The Hall–Kier alpha value is -2.49. The average molecular weight is 341 g/mol. The van der Waals surface area contributed by atoms with Gasteiger partial charge in [0, 0.05) is 0 Å². The van der Waals surface area contributed by atoms with Crippen LogP contribution in [0.5, 0.6) is 11.5 Å². The van der Waals surface area contributed by atoms with E-state index in [-0.39, 0.29) is 5.91 Å². The van der Waals surface area contributed by atoms with Gasteiger partial charge in [-0.05, 0) is 56.5 Å². The van der Waals surface area contributed by atoms with Gasteiger partial charge in [0.1, 0.15) is 18.1 Å². The van der Waals surface area contributed by atoms with Crippen molar-refractivity contribution in [2.24, 2.45) is 0 Å². The Morgan fingerprint density at radius 1 is 1.08 bits per heavy atom. The lowest BCUT2D eigenvalue weighted by molar-refractivity contribution is -0.128. The molecule has 2 rings (SSSR count). The van der Waals surface area contributed by atoms with E-state index in [4.69, 9.17) is 9.47 Å². The van der Waals surface area contributed by atoms with Gasteiger partial charge in [0.25, 0.3) is 5.91 Å². The van der Waals surface area contributed by atoms with Crippen molar-refractivity contribution in [2.75, 3.05) is 13.2 Å². The van der Waals surface area contributed by atoms with Gasteiger partial charge in [-0.3, -0.25) is 4.79 Å². The zero-order valence-electron chi connectivity index (χ0n) is 15.5. The van der Waals surface area contributed by atoms with Gasteiger partial charge in [0.2, 0.25) is 0 Å². The lowest BCUT2D eigenvalue weighted by Gasteiger charge is -2.18. The Kier molecular flexibility index (Phi) is 6.87. The summed E-state index contributed by atoms with van der Waals surface area (Å²) in [4.78, 5) is 12.3. The zero-order chi connectivity index (χ0) is 18.2. The van der Waals surface area contributed by atoms with Crippen LogP contribution >= 0.6 is 0 Å². The van der Waals surface area contributed by atoms with Gasteiger partial charge in [-0.2, -0.15) is 0 Å². The van der Waals surface area contributed by atoms with Crippen molar-refractivity contribution in [3.05, 3.63) is 59.2 Å². The van der Waals surface area contributed by atoms with Crippen LogP contribution in [-0.2, 0) is 4.79 Å². The van der Waals surface area contributed by atoms with Gasteiger partial charge in [-0.1, -0.05) is 36.8 Å². The zero-order valence-corrected chi connectivity index (χ0v) is 15.5. The molecule has 1 N–H and O–H groups in total. The van der Waals surface area contributed by atoms with E-state index < -0.39 is 6.10 Å². The quantitative estimate of drug-likeness (QED) is 0.739. The molecule has 4 nitrogen and oxygen atoms in total. The monoisotopic (exact) mass is 341 g/mol. The third-order valence-corrected chi connectivity index (χ3v) is 3.92. The first-order valence-corrected chi connectivity index (χ1v) is 8.70. The first kappa shape index (κ1) is 18.8. The summed E-state index contributed by atoms with van der Waals surface area (Å²) < 4.78 is 11.5. The van der Waals surface area contributed by atoms with Crippen molar-refractivity contribution in [1.82, 2.24) is 5.32 Å². The summed E-state index contributed by atoms with van der Waals surface area (Å²) in [5, 5.41) is 2.88. The lowest BCUT2D eigenvalue weighted by Crippen LogP contribution is -2.39. The van der Waals surface area contributed by atoms with Crippen molar-refractivity contribution in [3.63, 3.8) is 0 Å². The molecule has 0 fully saturated rings. The molecule has 2 aromatic carbocycles. The van der Waals surface area contributed by atoms with Crippen LogP contribution in [0.2, 0.25) is 0 Å². The van der Waals surface area contributed by atoms with Crippen LogP contribution in [0.3, 0.4) is 0 Å². The Labute approximate surface area is 150 Å². The topological polar surface area (TPSA) is 47.6 Å². The SMILES string of the molecule is CC[C@@H](Oc1cccc(C)c1)C(=O)NCCOc1ccc(C)cc1C. The van der Waals surface area contributed by atoms with E-state index >= 15 is 0 Å². The van der Waals surface area contributed by atoms with Crippen molar-refractivity contribution >= 4 is 5.91 Å². The second kappa shape index (κ2) is 9.11. The predicted octanol–water partition coefficient (Wildman–Crippen LogP) is 3.96. The number of amides is 1. The average Bonchev–Trinajstić information content (AvgIpc) is 2.58. The van der Waals surface area contributed by atoms with Gasteiger partial charge in [-0.15, -0.1) is 0 Å². The number of carbonyl (C=O) groups excluding carboxylic acids is 1. The third-order valence-electron chi connectivity index (χ3n) is 3.92. The minimum atomic E-state index is -0.497. The van der Waals surface area contributed by atoms with E-state index in [9.17, 15) is 4.79 Å². The fraction of sp³-hybridized carbons (Fsp3) is 0.381. The predicted molar refractivity (Wildman–Crippen MR) is 100 cm³/mol. The second-order valence-electron chi connectivity index (χ2n) is 6.24. The highest BCUT2D eigenvalue weighted by molar-refractivity contribution is 5.81. The van der Waals surface area contributed by atoms with Gasteiger partial charge in [0.15, 0.2) is 6.10 Å². The smallest absolute Gasteiger partial charge is 0.261 e. The first-order valence-electron chi connectivity index (χ1n) is 8.70. The summed E-state index contributed by atoms with van der Waals surface area (Å²) in [5.41, 5.74) is 3.41. The van der Waals surface area contributed by atoms with Crippen LogP contribution in [0, 0.1) is 20.8 Å². The van der Waals surface area contributed by atoms with Crippen LogP contribution in [0.15, 0.2) is 42.5 Å². The number of nitrogens with one attached hydrogen (secondary N) is 1. The molecule has 0 radical (unpaired) electrons. The lowest BCUT2D eigenvalue weighted by atomic mass is 10.1. The largest absolute Gasteiger partial charge is 0.491 e. The van der Waals surface area contributed by atoms with Crippen LogP contribution in [0.1, 0.15) is 30.0 Å². The number of hydrogen-bond donors (Lipinski definition) is 1. The van der Waals surface area contributed by atoms with E-state index in [2.05, 4.69) is 18.3 Å². The third kappa shape index (κ3) is 5.82. The summed E-state index contributed by atoms with van der Waals surface area (Å²) in [6.07, 6.45) is 0.112. The highest BCUT2D eigenvalue weighted by Gasteiger charge is 2.17. The number of carbonyl (C=O) groups is 1. The maximum atomic E-state index is 12.3. The first-order chi connectivity index (χ1) is 12.0. The molecule has 25 heavy (non-hydrogen) atoms. The summed E-state index contributed by atoms with van der Waals surface area (Å²) in [6.45, 7) is 8.88. The van der Waals surface area contributed by atoms with E-state index in [1.165, 1.54) is 5.56 Å². The van der Waals surface area contributed by atoms with Gasteiger partial charge in [0.05, 0.1) is 6.54 Å². The molecule has 0 aliphatic carbocycles. The molecule has 0 saturated carbocycles. The van der Waals surface area contributed by atoms with Gasteiger partial charge >= 0.3 is 0 Å². The molecule has 0 unspecified atom stereocenters. The summed E-state index contributed by atoms with van der Waals surface area (Å²) >= 11 is 0. The molecule has 1 atom stereocenters. The molecule has 0 aromatic heterocycles. The highest BCUT2D eigenvalue weighted by Crippen LogP contribution is 2.18. The maximum absolute atomic E-state index is 12.3. The molecule has 0 aliphatic rings. The maximum Gasteiger partial charge on any atom is 0.261 e. The molecule has 0 aliphatic heterocycles.